The molecule has 3 rings (SSSR count). The number of anilines is 1. The van der Waals surface area contributed by atoms with Crippen LogP contribution in [0.15, 0.2) is 28.9 Å². The Hall–Kier alpha value is -1.24. The van der Waals surface area contributed by atoms with Gasteiger partial charge in [0.1, 0.15) is 0 Å². The van der Waals surface area contributed by atoms with Crippen LogP contribution in [0.1, 0.15) is 39.6 Å². The van der Waals surface area contributed by atoms with Crippen LogP contribution in [0.25, 0.3) is 0 Å². The lowest BCUT2D eigenvalue weighted by Gasteiger charge is -2.20. The highest BCUT2D eigenvalue weighted by molar-refractivity contribution is 9.10. The fourth-order valence-electron chi connectivity index (χ4n) is 2.69. The summed E-state index contributed by atoms with van der Waals surface area (Å²) in [5.74, 6) is 0.468. The van der Waals surface area contributed by atoms with Gasteiger partial charge in [0.15, 0.2) is 5.13 Å². The minimum atomic E-state index is -0.101. The lowest BCUT2D eigenvalue weighted by Crippen LogP contribution is -2.26. The number of carbonyl (C=O) groups excluding carboxylic acids is 1. The number of halogens is 1. The van der Waals surface area contributed by atoms with E-state index in [1.54, 1.807) is 11.3 Å². The first-order chi connectivity index (χ1) is 10.6. The summed E-state index contributed by atoms with van der Waals surface area (Å²) in [4.78, 5) is 18.0. The molecule has 0 radical (unpaired) electrons. The number of piperidine rings is 1. The number of nitrogens with one attached hydrogen (secondary N) is 2. The van der Waals surface area contributed by atoms with E-state index >= 15 is 0 Å². The van der Waals surface area contributed by atoms with E-state index in [9.17, 15) is 4.79 Å². The molecule has 1 aliphatic heterocycles. The SMILES string of the molecule is Cc1cc(Br)ccc1C(=O)Nc1ncc(C2CCNCC2)s1. The van der Waals surface area contributed by atoms with Gasteiger partial charge in [-0.1, -0.05) is 15.9 Å². The molecule has 2 aromatic rings. The van der Waals surface area contributed by atoms with Gasteiger partial charge < -0.3 is 5.32 Å². The molecule has 0 unspecified atom stereocenters. The lowest BCUT2D eigenvalue weighted by molar-refractivity contribution is 0.102. The highest BCUT2D eigenvalue weighted by Crippen LogP contribution is 2.32. The molecular formula is C16H18BrN3OS. The zero-order chi connectivity index (χ0) is 15.5. The van der Waals surface area contributed by atoms with Crippen molar-refractivity contribution in [1.82, 2.24) is 10.3 Å². The second-order valence-electron chi connectivity index (χ2n) is 5.51. The fraction of sp³-hybridized carbons (Fsp3) is 0.375. The van der Waals surface area contributed by atoms with E-state index in [4.69, 9.17) is 0 Å². The Morgan fingerprint density at radius 2 is 2.18 bits per heavy atom. The van der Waals surface area contributed by atoms with Crippen molar-refractivity contribution in [3.63, 3.8) is 0 Å². The van der Waals surface area contributed by atoms with Crippen LogP contribution in [-0.4, -0.2) is 24.0 Å². The maximum atomic E-state index is 12.4. The van der Waals surface area contributed by atoms with Crippen molar-refractivity contribution >= 4 is 38.3 Å². The zero-order valence-electron chi connectivity index (χ0n) is 12.4. The summed E-state index contributed by atoms with van der Waals surface area (Å²) in [5.41, 5.74) is 1.63. The van der Waals surface area contributed by atoms with Crippen molar-refractivity contribution in [2.75, 3.05) is 18.4 Å². The van der Waals surface area contributed by atoms with Crippen molar-refractivity contribution in [1.29, 1.82) is 0 Å². The summed E-state index contributed by atoms with van der Waals surface area (Å²) >= 11 is 5.00. The van der Waals surface area contributed by atoms with Crippen molar-refractivity contribution in [2.45, 2.75) is 25.7 Å². The van der Waals surface area contributed by atoms with Crippen LogP contribution < -0.4 is 10.6 Å². The van der Waals surface area contributed by atoms with E-state index in [0.717, 1.165) is 36.0 Å². The average molecular weight is 380 g/mol. The first-order valence-corrected chi connectivity index (χ1v) is 8.98. The Morgan fingerprint density at radius 1 is 1.41 bits per heavy atom. The van der Waals surface area contributed by atoms with Gasteiger partial charge in [0.25, 0.3) is 5.91 Å². The summed E-state index contributed by atoms with van der Waals surface area (Å²) < 4.78 is 0.976. The molecule has 2 N–H and O–H groups in total. The zero-order valence-corrected chi connectivity index (χ0v) is 14.8. The number of thiazole rings is 1. The smallest absolute Gasteiger partial charge is 0.257 e. The number of rotatable bonds is 3. The van der Waals surface area contributed by atoms with Crippen molar-refractivity contribution in [2.24, 2.45) is 0 Å². The van der Waals surface area contributed by atoms with Gasteiger partial charge in [-0.2, -0.15) is 0 Å². The molecule has 0 saturated carbocycles. The normalized spacial score (nSPS) is 15.7. The molecule has 1 saturated heterocycles. The average Bonchev–Trinajstić information content (AvgIpc) is 2.96. The minimum absolute atomic E-state index is 0.101. The maximum absolute atomic E-state index is 12.4. The Bertz CT molecular complexity index is 680. The quantitative estimate of drug-likeness (QED) is 0.848. The number of nitrogens with zero attached hydrogens (tertiary/aromatic N) is 1. The summed E-state index contributed by atoms with van der Waals surface area (Å²) in [5, 5.41) is 6.96. The van der Waals surface area contributed by atoms with Gasteiger partial charge in [-0.25, -0.2) is 4.98 Å². The molecule has 1 aromatic heterocycles. The molecule has 1 aliphatic rings. The summed E-state index contributed by atoms with van der Waals surface area (Å²) in [6, 6.07) is 5.65. The molecule has 6 heteroatoms. The first kappa shape index (κ1) is 15.6. The molecule has 1 amide bonds. The van der Waals surface area contributed by atoms with Gasteiger partial charge in [-0.15, -0.1) is 11.3 Å². The third kappa shape index (κ3) is 3.56. The van der Waals surface area contributed by atoms with Gasteiger partial charge in [0, 0.05) is 21.1 Å². The molecule has 0 atom stereocenters. The van der Waals surface area contributed by atoms with Crippen LogP contribution in [-0.2, 0) is 0 Å². The number of hydrogen-bond donors (Lipinski definition) is 2. The van der Waals surface area contributed by atoms with Gasteiger partial charge in [-0.3, -0.25) is 10.1 Å². The summed E-state index contributed by atoms with van der Waals surface area (Å²) in [6.07, 6.45) is 4.19. The Morgan fingerprint density at radius 3 is 2.91 bits per heavy atom. The van der Waals surface area contributed by atoms with Gasteiger partial charge in [-0.05, 0) is 62.5 Å². The number of aromatic nitrogens is 1. The van der Waals surface area contributed by atoms with Crippen LogP contribution in [0, 0.1) is 6.92 Å². The summed E-state index contributed by atoms with van der Waals surface area (Å²) in [6.45, 7) is 4.05. The maximum Gasteiger partial charge on any atom is 0.257 e. The molecule has 0 spiro atoms. The van der Waals surface area contributed by atoms with E-state index in [1.165, 1.54) is 4.88 Å². The van der Waals surface area contributed by atoms with Crippen LogP contribution in [0.3, 0.4) is 0 Å². The third-order valence-corrected chi connectivity index (χ3v) is 5.49. The van der Waals surface area contributed by atoms with Crippen LogP contribution in [0.2, 0.25) is 0 Å². The van der Waals surface area contributed by atoms with E-state index in [2.05, 4.69) is 31.5 Å². The number of benzene rings is 1. The van der Waals surface area contributed by atoms with E-state index in [1.807, 2.05) is 31.3 Å². The highest BCUT2D eigenvalue weighted by atomic mass is 79.9. The van der Waals surface area contributed by atoms with Crippen molar-refractivity contribution in [3.8, 4) is 0 Å². The highest BCUT2D eigenvalue weighted by Gasteiger charge is 2.19. The Labute approximate surface area is 142 Å². The van der Waals surface area contributed by atoms with Crippen molar-refractivity contribution < 1.29 is 4.79 Å². The third-order valence-electron chi connectivity index (χ3n) is 3.92. The lowest BCUT2D eigenvalue weighted by atomic mass is 9.97. The topological polar surface area (TPSA) is 54.0 Å². The number of hydrogen-bond acceptors (Lipinski definition) is 4. The molecule has 0 bridgehead atoms. The predicted molar refractivity (Wildman–Crippen MR) is 93.8 cm³/mol. The Balaban J connectivity index is 1.70. The Kier molecular flexibility index (Phi) is 4.90. The molecule has 1 fully saturated rings. The molecule has 116 valence electrons. The van der Waals surface area contributed by atoms with Crippen LogP contribution in [0.5, 0.6) is 0 Å². The number of amides is 1. The van der Waals surface area contributed by atoms with E-state index < -0.39 is 0 Å². The second kappa shape index (κ2) is 6.89. The largest absolute Gasteiger partial charge is 0.317 e. The second-order valence-corrected chi connectivity index (χ2v) is 7.48. The predicted octanol–water partition coefficient (Wildman–Crippen LogP) is 3.93. The molecule has 1 aromatic carbocycles. The minimum Gasteiger partial charge on any atom is -0.317 e. The molecule has 4 nitrogen and oxygen atoms in total. The van der Waals surface area contributed by atoms with Gasteiger partial charge >= 0.3 is 0 Å². The van der Waals surface area contributed by atoms with Gasteiger partial charge in [0.05, 0.1) is 0 Å². The first-order valence-electron chi connectivity index (χ1n) is 7.37. The van der Waals surface area contributed by atoms with Crippen LogP contribution in [0.4, 0.5) is 5.13 Å². The van der Waals surface area contributed by atoms with Crippen molar-refractivity contribution in [3.05, 3.63) is 44.9 Å². The monoisotopic (exact) mass is 379 g/mol. The molecular weight excluding hydrogens is 362 g/mol. The molecule has 0 aliphatic carbocycles. The molecule has 22 heavy (non-hydrogen) atoms. The molecule has 2 heterocycles. The van der Waals surface area contributed by atoms with Crippen LogP contribution >= 0.6 is 27.3 Å². The van der Waals surface area contributed by atoms with Gasteiger partial charge in [0.2, 0.25) is 0 Å². The fourth-order valence-corrected chi connectivity index (χ4v) is 4.14. The number of aryl methyl sites for hydroxylation is 1. The van der Waals surface area contributed by atoms with E-state index in [-0.39, 0.29) is 5.91 Å². The summed E-state index contributed by atoms with van der Waals surface area (Å²) in [7, 11) is 0. The number of carbonyl (C=O) groups is 1. The standard InChI is InChI=1S/C16H18BrN3OS/c1-10-8-12(17)2-3-13(10)15(21)20-16-19-9-14(22-16)11-4-6-18-7-5-11/h2-3,8-9,11,18H,4-7H2,1H3,(H,19,20,21). The van der Waals surface area contributed by atoms with E-state index in [0.29, 0.717) is 16.6 Å².